The molecule has 0 aliphatic rings. The number of nitrogen functional groups attached to an aromatic ring is 1. The van der Waals surface area contributed by atoms with Crippen LogP contribution in [-0.2, 0) is 16.6 Å². The molecule has 1 heterocycles. The van der Waals surface area contributed by atoms with Crippen LogP contribution in [0.1, 0.15) is 16.7 Å². The number of nitrogens with two attached hydrogens (primary N) is 1. The maximum atomic E-state index is 12.4. The molecule has 1 aromatic heterocycles. The summed E-state index contributed by atoms with van der Waals surface area (Å²) in [5, 5.41) is 4.11. The molecular weight excluding hydrogens is 288 g/mol. The van der Waals surface area contributed by atoms with E-state index < -0.39 is 10.0 Å². The third-order valence-electron chi connectivity index (χ3n) is 3.28. The van der Waals surface area contributed by atoms with E-state index in [4.69, 9.17) is 5.73 Å². The summed E-state index contributed by atoms with van der Waals surface area (Å²) in [5.74, 6) is 0. The molecule has 0 atom stereocenters. The zero-order valence-corrected chi connectivity index (χ0v) is 13.2. The van der Waals surface area contributed by atoms with Crippen molar-refractivity contribution in [1.82, 2.24) is 14.5 Å². The highest BCUT2D eigenvalue weighted by Crippen LogP contribution is 2.25. The smallest absolute Gasteiger partial charge is 0.242 e. The van der Waals surface area contributed by atoms with Crippen LogP contribution in [0.3, 0.4) is 0 Å². The molecule has 1 aromatic carbocycles. The lowest BCUT2D eigenvalue weighted by molar-refractivity contribution is 0.560. The van der Waals surface area contributed by atoms with Crippen LogP contribution in [-0.4, -0.2) is 24.7 Å². The lowest BCUT2D eigenvalue weighted by Gasteiger charge is -2.13. The van der Waals surface area contributed by atoms with Crippen molar-refractivity contribution in [3.05, 3.63) is 41.2 Å². The van der Waals surface area contributed by atoms with Crippen molar-refractivity contribution >= 4 is 15.7 Å². The molecule has 0 radical (unpaired) electrons. The fourth-order valence-electron chi connectivity index (χ4n) is 2.12. The van der Waals surface area contributed by atoms with E-state index in [0.717, 1.165) is 11.1 Å². The lowest BCUT2D eigenvalue weighted by Crippen LogP contribution is -2.29. The van der Waals surface area contributed by atoms with Crippen molar-refractivity contribution in [2.75, 3.05) is 12.3 Å². The Bertz CT molecular complexity index is 750. The van der Waals surface area contributed by atoms with Crippen LogP contribution in [0.25, 0.3) is 0 Å². The van der Waals surface area contributed by atoms with Crippen LogP contribution in [0.4, 0.5) is 5.69 Å². The molecule has 0 saturated heterocycles. The Kier molecular flexibility index (Phi) is 4.34. The molecule has 0 bridgehead atoms. The number of rotatable bonds is 5. The molecule has 6 nitrogen and oxygen atoms in total. The van der Waals surface area contributed by atoms with E-state index in [2.05, 4.69) is 9.82 Å². The summed E-state index contributed by atoms with van der Waals surface area (Å²) in [4.78, 5) is 0.166. The lowest BCUT2D eigenvalue weighted by atomic mass is 10.1. The van der Waals surface area contributed by atoms with Gasteiger partial charge in [-0.1, -0.05) is 12.1 Å². The number of nitrogens with one attached hydrogen (secondary N) is 1. The van der Waals surface area contributed by atoms with Gasteiger partial charge in [0.2, 0.25) is 10.0 Å². The predicted octanol–water partition coefficient (Wildman–Crippen LogP) is 1.37. The molecular formula is C14H20N4O2S. The van der Waals surface area contributed by atoms with Gasteiger partial charge in [0.05, 0.1) is 18.4 Å². The quantitative estimate of drug-likeness (QED) is 0.816. The van der Waals surface area contributed by atoms with Gasteiger partial charge in [-0.05, 0) is 37.5 Å². The molecule has 0 aliphatic carbocycles. The second-order valence-corrected chi connectivity index (χ2v) is 6.82. The van der Waals surface area contributed by atoms with Crippen molar-refractivity contribution in [2.24, 2.45) is 0 Å². The minimum atomic E-state index is -3.62. The minimum absolute atomic E-state index is 0.166. The highest BCUT2D eigenvalue weighted by Gasteiger charge is 2.20. The molecule has 21 heavy (non-hydrogen) atoms. The number of aromatic nitrogens is 2. The van der Waals surface area contributed by atoms with Crippen molar-refractivity contribution in [2.45, 2.75) is 32.2 Å². The van der Waals surface area contributed by atoms with Gasteiger partial charge < -0.3 is 5.73 Å². The average molecular weight is 308 g/mol. The van der Waals surface area contributed by atoms with Gasteiger partial charge in [-0.25, -0.2) is 13.1 Å². The Morgan fingerprint density at radius 3 is 2.52 bits per heavy atom. The largest absolute Gasteiger partial charge is 0.397 e. The number of hydrogen-bond donors (Lipinski definition) is 2. The first-order valence-corrected chi connectivity index (χ1v) is 8.14. The Morgan fingerprint density at radius 2 is 1.90 bits per heavy atom. The van der Waals surface area contributed by atoms with Gasteiger partial charge in [0.15, 0.2) is 0 Å². The molecule has 0 amide bonds. The van der Waals surface area contributed by atoms with Crippen LogP contribution in [0.15, 0.2) is 29.4 Å². The molecule has 7 heteroatoms. The van der Waals surface area contributed by atoms with E-state index in [-0.39, 0.29) is 11.4 Å². The summed E-state index contributed by atoms with van der Waals surface area (Å²) in [6, 6.07) is 3.58. The topological polar surface area (TPSA) is 90.0 Å². The molecule has 2 aromatic rings. The maximum absolute atomic E-state index is 12.4. The maximum Gasteiger partial charge on any atom is 0.242 e. The second-order valence-electron chi connectivity index (χ2n) is 5.12. The van der Waals surface area contributed by atoms with Crippen molar-refractivity contribution in [1.29, 1.82) is 0 Å². The molecule has 0 unspecified atom stereocenters. The first-order chi connectivity index (χ1) is 9.81. The Hall–Kier alpha value is -1.86. The van der Waals surface area contributed by atoms with E-state index in [1.807, 2.05) is 19.2 Å². The first kappa shape index (κ1) is 15.5. The van der Waals surface area contributed by atoms with Crippen LogP contribution < -0.4 is 10.5 Å². The van der Waals surface area contributed by atoms with Crippen LogP contribution >= 0.6 is 0 Å². The van der Waals surface area contributed by atoms with Gasteiger partial charge in [-0.3, -0.25) is 4.68 Å². The zero-order valence-electron chi connectivity index (χ0n) is 12.4. The van der Waals surface area contributed by atoms with Gasteiger partial charge in [0.25, 0.3) is 0 Å². The van der Waals surface area contributed by atoms with Gasteiger partial charge in [-0.15, -0.1) is 0 Å². The van der Waals surface area contributed by atoms with Gasteiger partial charge in [0.1, 0.15) is 4.90 Å². The Balaban J connectivity index is 2.14. The van der Waals surface area contributed by atoms with E-state index >= 15 is 0 Å². The number of anilines is 1. The van der Waals surface area contributed by atoms with Gasteiger partial charge >= 0.3 is 0 Å². The number of aryl methyl sites for hydroxylation is 3. The number of sulfonamides is 1. The van der Waals surface area contributed by atoms with E-state index in [1.54, 1.807) is 30.8 Å². The molecule has 2 rings (SSSR count). The third-order valence-corrected chi connectivity index (χ3v) is 4.94. The summed E-state index contributed by atoms with van der Waals surface area (Å²) < 4.78 is 29.1. The SMILES string of the molecule is Cc1cnn(CCNS(=O)(=O)c2c(C)ccc(C)c2N)c1. The number of hydrogen-bond acceptors (Lipinski definition) is 4. The molecule has 114 valence electrons. The summed E-state index contributed by atoms with van der Waals surface area (Å²) in [6.07, 6.45) is 3.60. The summed E-state index contributed by atoms with van der Waals surface area (Å²) in [6.45, 7) is 6.19. The zero-order chi connectivity index (χ0) is 15.6. The molecule has 0 fully saturated rings. The molecule has 0 spiro atoms. The Morgan fingerprint density at radius 1 is 1.24 bits per heavy atom. The monoisotopic (exact) mass is 308 g/mol. The second kappa shape index (κ2) is 5.87. The Labute approximate surface area is 125 Å². The third kappa shape index (κ3) is 3.43. The first-order valence-electron chi connectivity index (χ1n) is 6.65. The van der Waals surface area contributed by atoms with E-state index in [1.165, 1.54) is 0 Å². The van der Waals surface area contributed by atoms with Crippen molar-refractivity contribution in [3.8, 4) is 0 Å². The summed E-state index contributed by atoms with van der Waals surface area (Å²) in [7, 11) is -3.62. The predicted molar refractivity (Wildman–Crippen MR) is 82.5 cm³/mol. The standard InChI is InChI=1S/C14H20N4O2S/c1-10-8-16-18(9-10)7-6-17-21(19,20)14-12(3)5-4-11(2)13(14)15/h4-5,8-9,17H,6-7,15H2,1-3H3. The van der Waals surface area contributed by atoms with E-state index in [9.17, 15) is 8.42 Å². The van der Waals surface area contributed by atoms with Gasteiger partial charge in [0, 0.05) is 12.7 Å². The van der Waals surface area contributed by atoms with E-state index in [0.29, 0.717) is 17.8 Å². The summed E-state index contributed by atoms with van der Waals surface area (Å²) in [5.41, 5.74) is 8.65. The minimum Gasteiger partial charge on any atom is -0.397 e. The fraction of sp³-hybridized carbons (Fsp3) is 0.357. The van der Waals surface area contributed by atoms with Gasteiger partial charge in [-0.2, -0.15) is 5.10 Å². The van der Waals surface area contributed by atoms with Crippen LogP contribution in [0.2, 0.25) is 0 Å². The van der Waals surface area contributed by atoms with Crippen LogP contribution in [0.5, 0.6) is 0 Å². The number of nitrogens with zero attached hydrogens (tertiary/aromatic N) is 2. The highest BCUT2D eigenvalue weighted by molar-refractivity contribution is 7.89. The normalized spacial score (nSPS) is 11.8. The fourth-order valence-corrected chi connectivity index (χ4v) is 3.57. The van der Waals surface area contributed by atoms with Crippen molar-refractivity contribution in [3.63, 3.8) is 0 Å². The summed E-state index contributed by atoms with van der Waals surface area (Å²) >= 11 is 0. The average Bonchev–Trinajstić information content (AvgIpc) is 2.80. The molecule has 3 N–H and O–H groups in total. The highest BCUT2D eigenvalue weighted by atomic mass is 32.2. The van der Waals surface area contributed by atoms with Crippen molar-refractivity contribution < 1.29 is 8.42 Å². The molecule has 0 saturated carbocycles. The molecule has 0 aliphatic heterocycles. The van der Waals surface area contributed by atoms with Crippen LogP contribution in [0, 0.1) is 20.8 Å². The number of benzene rings is 1.